The standard InChI is InChI=1S/C20H24N2O2/c1-22-14-13-17(16-8-4-5-9-18(16)22)21-20(23)12-11-15-7-3-6-10-19(15)24-2/h3-10,17H,11-14H2,1-2H3,(H,21,23). The third kappa shape index (κ3) is 3.53. The first-order chi connectivity index (χ1) is 11.7. The van der Waals surface area contributed by atoms with Crippen molar-refractivity contribution in [1.29, 1.82) is 0 Å². The number of carbonyl (C=O) groups excluding carboxylic acids is 1. The second-order valence-corrected chi connectivity index (χ2v) is 6.20. The molecule has 0 radical (unpaired) electrons. The van der Waals surface area contributed by atoms with Crippen molar-refractivity contribution in [2.75, 3.05) is 25.6 Å². The molecule has 0 aromatic heterocycles. The highest BCUT2D eigenvalue weighted by Crippen LogP contribution is 2.32. The first-order valence-electron chi connectivity index (χ1n) is 8.40. The molecule has 126 valence electrons. The van der Waals surface area contributed by atoms with Gasteiger partial charge >= 0.3 is 0 Å². The summed E-state index contributed by atoms with van der Waals surface area (Å²) in [5, 5.41) is 3.20. The number of ether oxygens (including phenoxy) is 1. The van der Waals surface area contributed by atoms with Crippen LogP contribution in [0.2, 0.25) is 0 Å². The molecule has 4 heteroatoms. The summed E-state index contributed by atoms with van der Waals surface area (Å²) in [6.07, 6.45) is 2.09. The molecule has 0 saturated heterocycles. The molecule has 1 unspecified atom stereocenters. The van der Waals surface area contributed by atoms with Gasteiger partial charge < -0.3 is 15.0 Å². The maximum absolute atomic E-state index is 12.4. The maximum atomic E-state index is 12.4. The number of para-hydroxylation sites is 2. The van der Waals surface area contributed by atoms with Crippen LogP contribution in [0, 0.1) is 0 Å². The van der Waals surface area contributed by atoms with E-state index in [9.17, 15) is 4.79 Å². The minimum Gasteiger partial charge on any atom is -0.496 e. The van der Waals surface area contributed by atoms with Gasteiger partial charge in [0.2, 0.25) is 5.91 Å². The molecule has 0 aliphatic carbocycles. The number of nitrogens with one attached hydrogen (secondary N) is 1. The van der Waals surface area contributed by atoms with Crippen LogP contribution in [0.25, 0.3) is 0 Å². The molecule has 1 atom stereocenters. The van der Waals surface area contributed by atoms with E-state index in [0.29, 0.717) is 12.8 Å². The van der Waals surface area contributed by atoms with E-state index in [0.717, 1.165) is 24.3 Å². The Kier molecular flexibility index (Phi) is 5.04. The molecule has 1 amide bonds. The van der Waals surface area contributed by atoms with Gasteiger partial charge in [0.25, 0.3) is 0 Å². The van der Waals surface area contributed by atoms with Crippen molar-refractivity contribution in [3.05, 3.63) is 59.7 Å². The Balaban J connectivity index is 1.63. The molecule has 2 aromatic carbocycles. The number of amides is 1. The Morgan fingerprint density at radius 1 is 1.21 bits per heavy atom. The van der Waals surface area contributed by atoms with Crippen LogP contribution in [0.4, 0.5) is 5.69 Å². The summed E-state index contributed by atoms with van der Waals surface area (Å²) < 4.78 is 5.35. The molecule has 24 heavy (non-hydrogen) atoms. The number of anilines is 1. The summed E-state index contributed by atoms with van der Waals surface area (Å²) in [6, 6.07) is 16.3. The zero-order chi connectivity index (χ0) is 16.9. The monoisotopic (exact) mass is 324 g/mol. The number of hydrogen-bond acceptors (Lipinski definition) is 3. The second-order valence-electron chi connectivity index (χ2n) is 6.20. The molecule has 4 nitrogen and oxygen atoms in total. The van der Waals surface area contributed by atoms with Gasteiger partial charge in [-0.25, -0.2) is 0 Å². The number of benzene rings is 2. The number of carbonyl (C=O) groups is 1. The molecule has 3 rings (SSSR count). The number of methoxy groups -OCH3 is 1. The molecule has 1 aliphatic rings. The molecule has 0 saturated carbocycles. The minimum absolute atomic E-state index is 0.0882. The van der Waals surface area contributed by atoms with Gasteiger partial charge in [0.15, 0.2) is 0 Å². The Bertz CT molecular complexity index is 714. The number of aryl methyl sites for hydroxylation is 1. The van der Waals surface area contributed by atoms with E-state index in [4.69, 9.17) is 4.74 Å². The fraction of sp³-hybridized carbons (Fsp3) is 0.350. The third-order valence-electron chi connectivity index (χ3n) is 4.63. The Morgan fingerprint density at radius 3 is 2.79 bits per heavy atom. The summed E-state index contributed by atoms with van der Waals surface area (Å²) in [7, 11) is 3.76. The van der Waals surface area contributed by atoms with Crippen LogP contribution in [-0.2, 0) is 11.2 Å². The van der Waals surface area contributed by atoms with Gasteiger partial charge in [0.1, 0.15) is 5.75 Å². The van der Waals surface area contributed by atoms with Crippen molar-refractivity contribution in [2.24, 2.45) is 0 Å². The van der Waals surface area contributed by atoms with Crippen molar-refractivity contribution in [3.63, 3.8) is 0 Å². The highest BCUT2D eigenvalue weighted by atomic mass is 16.5. The number of fused-ring (bicyclic) bond motifs is 1. The lowest BCUT2D eigenvalue weighted by atomic mass is 9.96. The molecule has 2 aromatic rings. The van der Waals surface area contributed by atoms with Crippen LogP contribution in [0.5, 0.6) is 5.75 Å². The number of rotatable bonds is 5. The van der Waals surface area contributed by atoms with Crippen molar-refractivity contribution < 1.29 is 9.53 Å². The second kappa shape index (κ2) is 7.39. The lowest BCUT2D eigenvalue weighted by Crippen LogP contribution is -2.36. The van der Waals surface area contributed by atoms with Crippen LogP contribution in [-0.4, -0.2) is 26.6 Å². The molecular weight excluding hydrogens is 300 g/mol. The van der Waals surface area contributed by atoms with Gasteiger partial charge in [-0.15, -0.1) is 0 Å². The molecular formula is C20H24N2O2. The zero-order valence-electron chi connectivity index (χ0n) is 14.3. The van der Waals surface area contributed by atoms with Crippen molar-refractivity contribution in [3.8, 4) is 5.75 Å². The number of nitrogens with zero attached hydrogens (tertiary/aromatic N) is 1. The van der Waals surface area contributed by atoms with Gasteiger partial charge in [-0.3, -0.25) is 4.79 Å². The zero-order valence-corrected chi connectivity index (χ0v) is 14.3. The quantitative estimate of drug-likeness (QED) is 0.917. The van der Waals surface area contributed by atoms with E-state index in [-0.39, 0.29) is 11.9 Å². The predicted octanol–water partition coefficient (Wildman–Crippen LogP) is 3.33. The van der Waals surface area contributed by atoms with E-state index in [1.165, 1.54) is 11.3 Å². The van der Waals surface area contributed by atoms with Gasteiger partial charge in [0, 0.05) is 25.7 Å². The van der Waals surface area contributed by atoms with Gasteiger partial charge in [-0.2, -0.15) is 0 Å². The van der Waals surface area contributed by atoms with Crippen molar-refractivity contribution in [1.82, 2.24) is 5.32 Å². The fourth-order valence-corrected chi connectivity index (χ4v) is 3.30. The van der Waals surface area contributed by atoms with Crippen LogP contribution < -0.4 is 15.0 Å². The Labute approximate surface area is 143 Å². The average molecular weight is 324 g/mol. The van der Waals surface area contributed by atoms with Gasteiger partial charge in [-0.1, -0.05) is 36.4 Å². The lowest BCUT2D eigenvalue weighted by molar-refractivity contribution is -0.121. The maximum Gasteiger partial charge on any atom is 0.220 e. The van der Waals surface area contributed by atoms with E-state index in [1.807, 2.05) is 36.4 Å². The fourth-order valence-electron chi connectivity index (χ4n) is 3.30. The van der Waals surface area contributed by atoms with E-state index in [2.05, 4.69) is 29.4 Å². The van der Waals surface area contributed by atoms with E-state index >= 15 is 0 Å². The summed E-state index contributed by atoms with van der Waals surface area (Å²) in [5.74, 6) is 0.931. The highest BCUT2D eigenvalue weighted by molar-refractivity contribution is 5.77. The summed E-state index contributed by atoms with van der Waals surface area (Å²) in [5.41, 5.74) is 3.48. The predicted molar refractivity (Wildman–Crippen MR) is 96.5 cm³/mol. The van der Waals surface area contributed by atoms with Crippen molar-refractivity contribution in [2.45, 2.75) is 25.3 Å². The highest BCUT2D eigenvalue weighted by Gasteiger charge is 2.24. The molecule has 0 bridgehead atoms. The average Bonchev–Trinajstić information content (AvgIpc) is 2.63. The smallest absolute Gasteiger partial charge is 0.220 e. The van der Waals surface area contributed by atoms with E-state index in [1.54, 1.807) is 7.11 Å². The van der Waals surface area contributed by atoms with Gasteiger partial charge in [-0.05, 0) is 36.1 Å². The topological polar surface area (TPSA) is 41.6 Å². The molecule has 0 spiro atoms. The van der Waals surface area contributed by atoms with Crippen LogP contribution in [0.3, 0.4) is 0 Å². The number of hydrogen-bond donors (Lipinski definition) is 1. The summed E-state index contributed by atoms with van der Waals surface area (Å²) in [6.45, 7) is 0.953. The summed E-state index contributed by atoms with van der Waals surface area (Å²) >= 11 is 0. The van der Waals surface area contributed by atoms with Crippen molar-refractivity contribution >= 4 is 11.6 Å². The Hall–Kier alpha value is -2.49. The molecule has 0 fully saturated rings. The van der Waals surface area contributed by atoms with E-state index < -0.39 is 0 Å². The van der Waals surface area contributed by atoms with Crippen LogP contribution in [0.15, 0.2) is 48.5 Å². The largest absolute Gasteiger partial charge is 0.496 e. The first kappa shape index (κ1) is 16.4. The summed E-state index contributed by atoms with van der Waals surface area (Å²) in [4.78, 5) is 14.7. The SMILES string of the molecule is COc1ccccc1CCC(=O)NC1CCN(C)c2ccccc21. The molecule has 1 heterocycles. The lowest BCUT2D eigenvalue weighted by Gasteiger charge is -2.33. The Morgan fingerprint density at radius 2 is 1.96 bits per heavy atom. The van der Waals surface area contributed by atoms with Gasteiger partial charge in [0.05, 0.1) is 13.2 Å². The first-order valence-corrected chi connectivity index (χ1v) is 8.40. The molecule has 1 aliphatic heterocycles. The van der Waals surface area contributed by atoms with Crippen LogP contribution >= 0.6 is 0 Å². The third-order valence-corrected chi connectivity index (χ3v) is 4.63. The van der Waals surface area contributed by atoms with Crippen LogP contribution in [0.1, 0.15) is 30.0 Å². The molecule has 1 N–H and O–H groups in total. The normalized spacial score (nSPS) is 16.4. The minimum atomic E-state index is 0.0882.